The van der Waals surface area contributed by atoms with Gasteiger partial charge < -0.3 is 4.74 Å². The number of para-hydroxylation sites is 1. The third-order valence-corrected chi connectivity index (χ3v) is 5.14. The fourth-order valence-electron chi connectivity index (χ4n) is 3.54. The zero-order chi connectivity index (χ0) is 21.4. The van der Waals surface area contributed by atoms with Gasteiger partial charge in [0.1, 0.15) is 16.5 Å². The van der Waals surface area contributed by atoms with Crippen LogP contribution in [0.1, 0.15) is 21.7 Å². The number of rotatable bonds is 3. The minimum Gasteiger partial charge on any atom is -0.464 e. The van der Waals surface area contributed by atoms with Crippen LogP contribution in [-0.2, 0) is 4.74 Å². The van der Waals surface area contributed by atoms with Crippen LogP contribution in [0.15, 0.2) is 59.5 Å². The van der Waals surface area contributed by atoms with Gasteiger partial charge in [0.2, 0.25) is 0 Å². The van der Waals surface area contributed by atoms with Gasteiger partial charge in [0.05, 0.1) is 12.5 Å². The van der Waals surface area contributed by atoms with Crippen LogP contribution in [0.4, 0.5) is 0 Å². The SMILES string of the molecule is COC(=O)c1c(C)c(=O)c2c(-c3ccc(Cl)nc3)cc(C)nc2n1-c1ccccc1. The molecule has 0 spiro atoms. The summed E-state index contributed by atoms with van der Waals surface area (Å²) in [5, 5.41) is 0.762. The molecule has 3 heterocycles. The van der Waals surface area contributed by atoms with Crippen LogP contribution in [0.2, 0.25) is 5.15 Å². The molecule has 0 atom stereocenters. The standard InChI is InChI=1S/C23H18ClN3O3/c1-13-11-17(15-9-10-18(24)25-12-15)19-21(28)14(2)20(23(29)30-3)27(22(19)26-13)16-7-5-4-6-8-16/h4-12H,1-3H3. The summed E-state index contributed by atoms with van der Waals surface area (Å²) in [6.45, 7) is 3.46. The number of carbonyl (C=O) groups excluding carboxylic acids is 1. The van der Waals surface area contributed by atoms with E-state index in [1.54, 1.807) is 29.8 Å². The van der Waals surface area contributed by atoms with Gasteiger partial charge in [-0.05, 0) is 49.7 Å². The molecule has 4 rings (SSSR count). The van der Waals surface area contributed by atoms with Crippen molar-refractivity contribution in [2.75, 3.05) is 7.11 Å². The lowest BCUT2D eigenvalue weighted by molar-refractivity contribution is 0.0590. The number of carbonyl (C=O) groups is 1. The van der Waals surface area contributed by atoms with Gasteiger partial charge in [0.15, 0.2) is 5.43 Å². The Kier molecular flexibility index (Phi) is 5.10. The first kappa shape index (κ1) is 19.8. The molecule has 0 amide bonds. The molecule has 0 aliphatic rings. The first-order valence-corrected chi connectivity index (χ1v) is 9.62. The van der Waals surface area contributed by atoms with Crippen LogP contribution in [0.3, 0.4) is 0 Å². The number of nitrogens with zero attached hydrogens (tertiary/aromatic N) is 3. The van der Waals surface area contributed by atoms with Crippen LogP contribution in [0.25, 0.3) is 27.8 Å². The number of halogens is 1. The number of ether oxygens (including phenoxy) is 1. The molecule has 0 aliphatic carbocycles. The third-order valence-electron chi connectivity index (χ3n) is 4.92. The van der Waals surface area contributed by atoms with Crippen molar-refractivity contribution in [2.45, 2.75) is 13.8 Å². The lowest BCUT2D eigenvalue weighted by Crippen LogP contribution is -2.23. The van der Waals surface area contributed by atoms with E-state index in [1.165, 1.54) is 7.11 Å². The monoisotopic (exact) mass is 419 g/mol. The summed E-state index contributed by atoms with van der Waals surface area (Å²) in [6, 6.07) is 14.6. The minimum atomic E-state index is -0.603. The Labute approximate surface area is 177 Å². The molecule has 6 nitrogen and oxygen atoms in total. The quantitative estimate of drug-likeness (QED) is 0.361. The van der Waals surface area contributed by atoms with Crippen LogP contribution in [-0.4, -0.2) is 27.6 Å². The normalized spacial score (nSPS) is 10.9. The average Bonchev–Trinajstić information content (AvgIpc) is 2.76. The fourth-order valence-corrected chi connectivity index (χ4v) is 3.66. The van der Waals surface area contributed by atoms with E-state index in [0.717, 1.165) is 5.56 Å². The number of pyridine rings is 3. The zero-order valence-corrected chi connectivity index (χ0v) is 17.4. The summed E-state index contributed by atoms with van der Waals surface area (Å²) in [7, 11) is 1.29. The second kappa shape index (κ2) is 7.72. The van der Waals surface area contributed by atoms with E-state index in [9.17, 15) is 9.59 Å². The van der Waals surface area contributed by atoms with E-state index in [0.29, 0.717) is 33.1 Å². The Hall–Kier alpha value is -3.51. The molecule has 7 heteroatoms. The van der Waals surface area contributed by atoms with Crippen molar-refractivity contribution < 1.29 is 9.53 Å². The summed E-state index contributed by atoms with van der Waals surface area (Å²) in [5.41, 5.74) is 3.33. The van der Waals surface area contributed by atoms with Crippen molar-refractivity contribution in [3.05, 3.63) is 87.1 Å². The van der Waals surface area contributed by atoms with Crippen LogP contribution < -0.4 is 5.43 Å². The van der Waals surface area contributed by atoms with Gasteiger partial charge in [-0.3, -0.25) is 9.36 Å². The predicted octanol–water partition coefficient (Wildman–Crippen LogP) is 4.50. The molecule has 150 valence electrons. The molecule has 0 bridgehead atoms. The van der Waals surface area contributed by atoms with Crippen molar-refractivity contribution in [1.29, 1.82) is 0 Å². The lowest BCUT2D eigenvalue weighted by atomic mass is 10.00. The van der Waals surface area contributed by atoms with E-state index >= 15 is 0 Å². The number of esters is 1. The highest BCUT2D eigenvalue weighted by Gasteiger charge is 2.24. The molecule has 0 aliphatic heterocycles. The van der Waals surface area contributed by atoms with Crippen molar-refractivity contribution >= 4 is 28.6 Å². The highest BCUT2D eigenvalue weighted by molar-refractivity contribution is 6.29. The number of aromatic nitrogens is 3. The van der Waals surface area contributed by atoms with Gasteiger partial charge >= 0.3 is 5.97 Å². The fraction of sp³-hybridized carbons (Fsp3) is 0.130. The van der Waals surface area contributed by atoms with Crippen molar-refractivity contribution in [3.63, 3.8) is 0 Å². The molecule has 0 fully saturated rings. The molecule has 1 aromatic carbocycles. The number of hydrogen-bond donors (Lipinski definition) is 0. The maximum absolute atomic E-state index is 13.4. The molecular formula is C23H18ClN3O3. The maximum Gasteiger partial charge on any atom is 0.355 e. The Morgan fingerprint density at radius 2 is 1.83 bits per heavy atom. The molecule has 30 heavy (non-hydrogen) atoms. The highest BCUT2D eigenvalue weighted by atomic mass is 35.5. The Bertz CT molecular complexity index is 1330. The van der Waals surface area contributed by atoms with Crippen molar-refractivity contribution in [3.8, 4) is 16.8 Å². The summed E-state index contributed by atoms with van der Waals surface area (Å²) in [6.07, 6.45) is 1.62. The van der Waals surface area contributed by atoms with Crippen LogP contribution >= 0.6 is 11.6 Å². The van der Waals surface area contributed by atoms with Crippen LogP contribution in [0, 0.1) is 13.8 Å². The van der Waals surface area contributed by atoms with E-state index < -0.39 is 5.97 Å². The Morgan fingerprint density at radius 3 is 2.47 bits per heavy atom. The van der Waals surface area contributed by atoms with E-state index in [1.807, 2.05) is 43.3 Å². The van der Waals surface area contributed by atoms with Gasteiger partial charge in [-0.25, -0.2) is 14.8 Å². The summed E-state index contributed by atoms with van der Waals surface area (Å²) in [5.74, 6) is -0.603. The molecule has 0 radical (unpaired) electrons. The first-order chi connectivity index (χ1) is 14.4. The molecule has 0 saturated heterocycles. The average molecular weight is 420 g/mol. The number of benzene rings is 1. The van der Waals surface area contributed by atoms with Crippen LogP contribution in [0.5, 0.6) is 0 Å². The number of fused-ring (bicyclic) bond motifs is 1. The second-order valence-corrected chi connectivity index (χ2v) is 7.23. The van der Waals surface area contributed by atoms with Gasteiger partial charge in [-0.2, -0.15) is 0 Å². The highest BCUT2D eigenvalue weighted by Crippen LogP contribution is 2.30. The summed E-state index contributed by atoms with van der Waals surface area (Å²) >= 11 is 5.94. The second-order valence-electron chi connectivity index (χ2n) is 6.84. The Balaban J connectivity index is 2.23. The van der Waals surface area contributed by atoms with Gasteiger partial charge in [-0.1, -0.05) is 29.8 Å². The van der Waals surface area contributed by atoms with E-state index in [-0.39, 0.29) is 16.7 Å². The van der Waals surface area contributed by atoms with Crippen molar-refractivity contribution in [1.82, 2.24) is 14.5 Å². The van der Waals surface area contributed by atoms with E-state index in [2.05, 4.69) is 9.97 Å². The smallest absolute Gasteiger partial charge is 0.355 e. The van der Waals surface area contributed by atoms with Gasteiger partial charge in [-0.15, -0.1) is 0 Å². The van der Waals surface area contributed by atoms with E-state index in [4.69, 9.17) is 16.3 Å². The summed E-state index contributed by atoms with van der Waals surface area (Å²) in [4.78, 5) is 34.9. The van der Waals surface area contributed by atoms with Crippen molar-refractivity contribution in [2.24, 2.45) is 0 Å². The number of aryl methyl sites for hydroxylation is 1. The Morgan fingerprint density at radius 1 is 1.10 bits per heavy atom. The molecule has 0 saturated carbocycles. The lowest BCUT2D eigenvalue weighted by Gasteiger charge is -2.19. The third kappa shape index (κ3) is 3.25. The predicted molar refractivity (Wildman–Crippen MR) is 116 cm³/mol. The largest absolute Gasteiger partial charge is 0.464 e. The van der Waals surface area contributed by atoms with Gasteiger partial charge in [0.25, 0.3) is 0 Å². The zero-order valence-electron chi connectivity index (χ0n) is 16.6. The molecule has 3 aromatic heterocycles. The molecular weight excluding hydrogens is 402 g/mol. The topological polar surface area (TPSA) is 74.1 Å². The minimum absolute atomic E-state index is 0.152. The number of hydrogen-bond acceptors (Lipinski definition) is 5. The van der Waals surface area contributed by atoms with Gasteiger partial charge in [0, 0.05) is 28.7 Å². The number of methoxy groups -OCH3 is 1. The molecule has 0 N–H and O–H groups in total. The molecule has 4 aromatic rings. The molecule has 0 unspecified atom stereocenters. The first-order valence-electron chi connectivity index (χ1n) is 9.25. The summed E-state index contributed by atoms with van der Waals surface area (Å²) < 4.78 is 6.67. The maximum atomic E-state index is 13.4.